The second-order valence-corrected chi connectivity index (χ2v) is 8.33. The van der Waals surface area contributed by atoms with E-state index in [2.05, 4.69) is 5.32 Å². The van der Waals surface area contributed by atoms with E-state index in [0.29, 0.717) is 12.0 Å². The highest BCUT2D eigenvalue weighted by atomic mass is 35.5. The molecule has 3 fully saturated rings. The summed E-state index contributed by atoms with van der Waals surface area (Å²) >= 11 is 1.46. The minimum atomic E-state index is -0.254. The Morgan fingerprint density at radius 3 is 2.64 bits per heavy atom. The molecule has 25 heavy (non-hydrogen) atoms. The molecule has 0 aliphatic carbocycles. The zero-order valence-electron chi connectivity index (χ0n) is 14.4. The number of carbonyl (C=O) groups excluding carboxylic acids is 2. The van der Waals surface area contributed by atoms with Crippen LogP contribution in [-0.2, 0) is 4.79 Å². The summed E-state index contributed by atoms with van der Waals surface area (Å²) in [5.41, 5.74) is 0.416. The molecule has 0 saturated carbocycles. The van der Waals surface area contributed by atoms with Crippen molar-refractivity contribution in [3.05, 3.63) is 22.4 Å². The summed E-state index contributed by atoms with van der Waals surface area (Å²) in [4.78, 5) is 30.2. The van der Waals surface area contributed by atoms with E-state index >= 15 is 0 Å². The highest BCUT2D eigenvalue weighted by molar-refractivity contribution is 7.12. The van der Waals surface area contributed by atoms with Gasteiger partial charge in [-0.1, -0.05) is 6.07 Å². The Labute approximate surface area is 159 Å². The third-order valence-electron chi connectivity index (χ3n) is 6.00. The van der Waals surface area contributed by atoms with Gasteiger partial charge < -0.3 is 15.1 Å². The van der Waals surface area contributed by atoms with Crippen LogP contribution in [0.2, 0.25) is 0 Å². The first-order valence-corrected chi connectivity index (χ1v) is 9.91. The standard InChI is InChI=1S/C18H25N3O2S.ClH/c22-16(20-10-6-18(7-11-20)5-8-19-13-18)14-3-1-9-21(14)17(23)15-4-2-12-24-15;/h2,4,12,14,19H,1,3,5-11,13H2;1H. The molecular formula is C18H26ClN3O2S. The lowest BCUT2D eigenvalue weighted by molar-refractivity contribution is -0.137. The van der Waals surface area contributed by atoms with Crippen LogP contribution in [0.4, 0.5) is 0 Å². The van der Waals surface area contributed by atoms with Crippen LogP contribution in [0.5, 0.6) is 0 Å². The molecule has 1 spiro atoms. The van der Waals surface area contributed by atoms with Crippen LogP contribution < -0.4 is 5.32 Å². The fraction of sp³-hybridized carbons (Fsp3) is 0.667. The number of hydrogen-bond donors (Lipinski definition) is 1. The third-order valence-corrected chi connectivity index (χ3v) is 6.86. The summed E-state index contributed by atoms with van der Waals surface area (Å²) in [5.74, 6) is 0.188. The van der Waals surface area contributed by atoms with E-state index in [1.807, 2.05) is 22.4 Å². The number of carbonyl (C=O) groups is 2. The molecule has 2 amide bonds. The highest BCUT2D eigenvalue weighted by Gasteiger charge is 2.42. The minimum Gasteiger partial charge on any atom is -0.341 e. The maximum Gasteiger partial charge on any atom is 0.264 e. The Hall–Kier alpha value is -1.11. The lowest BCUT2D eigenvalue weighted by atomic mass is 9.77. The molecule has 1 aromatic heterocycles. The number of hydrogen-bond acceptors (Lipinski definition) is 4. The van der Waals surface area contributed by atoms with Crippen LogP contribution in [-0.4, -0.2) is 60.4 Å². The van der Waals surface area contributed by atoms with Crippen molar-refractivity contribution in [2.75, 3.05) is 32.7 Å². The number of rotatable bonds is 2. The van der Waals surface area contributed by atoms with Gasteiger partial charge in [0.15, 0.2) is 0 Å². The van der Waals surface area contributed by atoms with Gasteiger partial charge in [0, 0.05) is 26.2 Å². The Kier molecular flexibility index (Phi) is 5.71. The first-order chi connectivity index (χ1) is 11.7. The van der Waals surface area contributed by atoms with E-state index in [1.54, 1.807) is 4.90 Å². The van der Waals surface area contributed by atoms with Gasteiger partial charge >= 0.3 is 0 Å². The first kappa shape index (κ1) is 18.7. The molecule has 3 aliphatic heterocycles. The monoisotopic (exact) mass is 383 g/mol. The zero-order chi connectivity index (χ0) is 16.6. The summed E-state index contributed by atoms with van der Waals surface area (Å²) in [6.45, 7) is 4.60. The predicted molar refractivity (Wildman–Crippen MR) is 101 cm³/mol. The summed E-state index contributed by atoms with van der Waals surface area (Å²) in [5, 5.41) is 5.38. The predicted octanol–water partition coefficient (Wildman–Crippen LogP) is 2.38. The van der Waals surface area contributed by atoms with Crippen molar-refractivity contribution >= 4 is 35.6 Å². The fourth-order valence-corrected chi connectivity index (χ4v) is 5.12. The van der Waals surface area contributed by atoms with Gasteiger partial charge in [0.2, 0.25) is 5.91 Å². The lowest BCUT2D eigenvalue weighted by Crippen LogP contribution is -2.51. The first-order valence-electron chi connectivity index (χ1n) is 9.03. The second kappa shape index (κ2) is 7.64. The molecule has 1 atom stereocenters. The molecule has 138 valence electrons. The van der Waals surface area contributed by atoms with Crippen LogP contribution in [0.1, 0.15) is 41.8 Å². The quantitative estimate of drug-likeness (QED) is 0.853. The van der Waals surface area contributed by atoms with Gasteiger partial charge in [0.1, 0.15) is 6.04 Å². The molecular weight excluding hydrogens is 358 g/mol. The average Bonchev–Trinajstić information content (AvgIpc) is 3.36. The number of nitrogens with zero attached hydrogens (tertiary/aromatic N) is 2. The van der Waals surface area contributed by atoms with E-state index < -0.39 is 0 Å². The summed E-state index contributed by atoms with van der Waals surface area (Å²) in [6, 6.07) is 3.49. The summed E-state index contributed by atoms with van der Waals surface area (Å²) < 4.78 is 0. The van der Waals surface area contributed by atoms with Crippen LogP contribution in [0.15, 0.2) is 17.5 Å². The van der Waals surface area contributed by atoms with Crippen LogP contribution in [0, 0.1) is 5.41 Å². The van der Waals surface area contributed by atoms with Gasteiger partial charge in [-0.3, -0.25) is 9.59 Å². The molecule has 1 N–H and O–H groups in total. The van der Waals surface area contributed by atoms with Crippen molar-refractivity contribution in [3.63, 3.8) is 0 Å². The van der Waals surface area contributed by atoms with Gasteiger partial charge in [0.25, 0.3) is 5.91 Å². The van der Waals surface area contributed by atoms with E-state index in [4.69, 9.17) is 0 Å². The third kappa shape index (κ3) is 3.57. The maximum absolute atomic E-state index is 13.0. The number of piperidine rings is 1. The van der Waals surface area contributed by atoms with Crippen molar-refractivity contribution in [2.24, 2.45) is 5.41 Å². The van der Waals surface area contributed by atoms with E-state index in [9.17, 15) is 9.59 Å². The van der Waals surface area contributed by atoms with E-state index in [1.165, 1.54) is 17.8 Å². The normalized spacial score (nSPS) is 25.2. The van der Waals surface area contributed by atoms with Gasteiger partial charge in [0.05, 0.1) is 4.88 Å². The molecule has 3 saturated heterocycles. The highest BCUT2D eigenvalue weighted by Crippen LogP contribution is 2.37. The van der Waals surface area contributed by atoms with Crippen LogP contribution >= 0.6 is 23.7 Å². The van der Waals surface area contributed by atoms with E-state index in [0.717, 1.165) is 56.7 Å². The summed E-state index contributed by atoms with van der Waals surface area (Å²) in [6.07, 6.45) is 5.16. The smallest absolute Gasteiger partial charge is 0.264 e. The zero-order valence-corrected chi connectivity index (χ0v) is 16.0. The number of halogens is 1. The lowest BCUT2D eigenvalue weighted by Gasteiger charge is -2.40. The van der Waals surface area contributed by atoms with Gasteiger partial charge in [-0.25, -0.2) is 0 Å². The largest absolute Gasteiger partial charge is 0.341 e. The van der Waals surface area contributed by atoms with E-state index in [-0.39, 0.29) is 30.3 Å². The fourth-order valence-electron chi connectivity index (χ4n) is 4.44. The molecule has 1 unspecified atom stereocenters. The topological polar surface area (TPSA) is 52.7 Å². The molecule has 1 aromatic rings. The number of thiophene rings is 1. The Balaban J connectivity index is 0.00000182. The molecule has 3 aliphatic rings. The van der Waals surface area contributed by atoms with Crippen LogP contribution in [0.25, 0.3) is 0 Å². The second-order valence-electron chi connectivity index (χ2n) is 7.39. The molecule has 4 heterocycles. The number of likely N-dealkylation sites (tertiary alicyclic amines) is 2. The average molecular weight is 384 g/mol. The summed E-state index contributed by atoms with van der Waals surface area (Å²) in [7, 11) is 0. The van der Waals surface area contributed by atoms with Crippen molar-refractivity contribution in [2.45, 2.75) is 38.1 Å². The van der Waals surface area contributed by atoms with Crippen molar-refractivity contribution in [1.29, 1.82) is 0 Å². The molecule has 0 radical (unpaired) electrons. The number of nitrogens with one attached hydrogen (secondary N) is 1. The van der Waals surface area contributed by atoms with Crippen LogP contribution in [0.3, 0.4) is 0 Å². The van der Waals surface area contributed by atoms with Crippen molar-refractivity contribution in [1.82, 2.24) is 15.1 Å². The van der Waals surface area contributed by atoms with Crippen molar-refractivity contribution in [3.8, 4) is 0 Å². The minimum absolute atomic E-state index is 0. The maximum atomic E-state index is 13.0. The molecule has 4 rings (SSSR count). The Morgan fingerprint density at radius 1 is 1.20 bits per heavy atom. The van der Waals surface area contributed by atoms with Crippen molar-refractivity contribution < 1.29 is 9.59 Å². The molecule has 5 nitrogen and oxygen atoms in total. The molecule has 0 bridgehead atoms. The SMILES string of the molecule is Cl.O=C(C1CCCN1C(=O)c1cccs1)N1CCC2(CCNC2)CC1. The Bertz CT molecular complexity index is 606. The van der Waals surface area contributed by atoms with Gasteiger partial charge in [-0.05, 0) is 55.5 Å². The number of amides is 2. The molecule has 0 aromatic carbocycles. The van der Waals surface area contributed by atoms with Gasteiger partial charge in [-0.2, -0.15) is 0 Å². The molecule has 7 heteroatoms. The Morgan fingerprint density at radius 2 is 2.00 bits per heavy atom. The van der Waals surface area contributed by atoms with Gasteiger partial charge in [-0.15, -0.1) is 23.7 Å².